The maximum Gasteiger partial charge on any atom is 0.119 e. The minimum absolute atomic E-state index is 0.323. The topological polar surface area (TPSA) is 35.2 Å². The molecule has 2 rings (SSSR count). The minimum atomic E-state index is 0.323. The van der Waals surface area contributed by atoms with Crippen LogP contribution in [0.2, 0.25) is 0 Å². The van der Waals surface area contributed by atoms with Gasteiger partial charge in [-0.15, -0.1) is 0 Å². The summed E-state index contributed by atoms with van der Waals surface area (Å²) in [7, 11) is 1.71. The van der Waals surface area contributed by atoms with Crippen LogP contribution < -0.4 is 10.5 Å². The van der Waals surface area contributed by atoms with Gasteiger partial charge in [-0.2, -0.15) is 0 Å². The predicted octanol–water partition coefficient (Wildman–Crippen LogP) is 1.90. The lowest BCUT2D eigenvalue weighted by atomic mass is 10.0. The predicted molar refractivity (Wildman–Crippen MR) is 57.6 cm³/mol. The van der Waals surface area contributed by atoms with E-state index in [9.17, 15) is 0 Å². The van der Waals surface area contributed by atoms with E-state index < -0.39 is 0 Å². The summed E-state index contributed by atoms with van der Waals surface area (Å²) in [6.07, 6.45) is 4.50. The van der Waals surface area contributed by atoms with Crippen LogP contribution in [0, 0.1) is 0 Å². The van der Waals surface area contributed by atoms with Crippen LogP contribution >= 0.6 is 0 Å². The van der Waals surface area contributed by atoms with Crippen molar-refractivity contribution in [3.8, 4) is 5.75 Å². The fourth-order valence-corrected chi connectivity index (χ4v) is 2.10. The zero-order chi connectivity index (χ0) is 9.97. The Morgan fingerprint density at radius 1 is 1.36 bits per heavy atom. The van der Waals surface area contributed by atoms with Crippen molar-refractivity contribution in [1.29, 1.82) is 0 Å². The number of rotatable bonds is 1. The van der Waals surface area contributed by atoms with Crippen molar-refractivity contribution < 1.29 is 4.74 Å². The van der Waals surface area contributed by atoms with E-state index in [4.69, 9.17) is 10.5 Å². The highest BCUT2D eigenvalue weighted by molar-refractivity contribution is 5.37. The van der Waals surface area contributed by atoms with Gasteiger partial charge in [0, 0.05) is 6.04 Å². The molecule has 0 radical (unpaired) electrons. The monoisotopic (exact) mass is 191 g/mol. The SMILES string of the molecule is COc1ccc2c(c1)C[C@@H](N)CCC2. The molecule has 1 aromatic rings. The number of hydrogen-bond donors (Lipinski definition) is 1. The highest BCUT2D eigenvalue weighted by Gasteiger charge is 2.13. The number of aryl methyl sites for hydroxylation is 1. The maximum absolute atomic E-state index is 6.00. The van der Waals surface area contributed by atoms with E-state index in [1.54, 1.807) is 7.11 Å². The van der Waals surface area contributed by atoms with E-state index >= 15 is 0 Å². The van der Waals surface area contributed by atoms with Crippen LogP contribution in [0.4, 0.5) is 0 Å². The summed E-state index contributed by atoms with van der Waals surface area (Å²) in [5, 5.41) is 0. The molecule has 0 fully saturated rings. The molecule has 0 unspecified atom stereocenters. The second-order valence-electron chi connectivity index (χ2n) is 3.99. The standard InChI is InChI=1S/C12H17NO/c1-14-12-6-5-9-3-2-4-11(13)7-10(9)8-12/h5-6,8,11H,2-4,7,13H2,1H3/t11-/m0/s1. The maximum atomic E-state index is 6.00. The molecule has 0 aromatic heterocycles. The third-order valence-electron chi connectivity index (χ3n) is 2.92. The summed E-state index contributed by atoms with van der Waals surface area (Å²) in [6, 6.07) is 6.66. The molecule has 1 aromatic carbocycles. The van der Waals surface area contributed by atoms with E-state index in [0.29, 0.717) is 6.04 Å². The average Bonchev–Trinajstić information content (AvgIpc) is 2.37. The highest BCUT2D eigenvalue weighted by Crippen LogP contribution is 2.24. The largest absolute Gasteiger partial charge is 0.497 e. The lowest BCUT2D eigenvalue weighted by Gasteiger charge is -2.10. The lowest BCUT2D eigenvalue weighted by molar-refractivity contribution is 0.414. The van der Waals surface area contributed by atoms with Crippen LogP contribution in [0.25, 0.3) is 0 Å². The molecule has 0 saturated heterocycles. The lowest BCUT2D eigenvalue weighted by Crippen LogP contribution is -2.21. The van der Waals surface area contributed by atoms with E-state index in [1.165, 1.54) is 17.5 Å². The summed E-state index contributed by atoms with van der Waals surface area (Å²) in [6.45, 7) is 0. The van der Waals surface area contributed by atoms with Crippen LogP contribution in [0.5, 0.6) is 5.75 Å². The summed E-state index contributed by atoms with van der Waals surface area (Å²) in [5.41, 5.74) is 8.81. The second kappa shape index (κ2) is 4.01. The number of nitrogens with two attached hydrogens (primary N) is 1. The van der Waals surface area contributed by atoms with Gasteiger partial charge in [0.05, 0.1) is 7.11 Å². The third-order valence-corrected chi connectivity index (χ3v) is 2.92. The molecule has 1 atom stereocenters. The molecule has 2 N–H and O–H groups in total. The van der Waals surface area contributed by atoms with Crippen molar-refractivity contribution in [3.05, 3.63) is 29.3 Å². The van der Waals surface area contributed by atoms with E-state index in [1.807, 2.05) is 6.07 Å². The highest BCUT2D eigenvalue weighted by atomic mass is 16.5. The Morgan fingerprint density at radius 3 is 3.00 bits per heavy atom. The molecule has 0 heterocycles. The molecule has 76 valence electrons. The molecule has 0 saturated carbocycles. The number of hydrogen-bond acceptors (Lipinski definition) is 2. The van der Waals surface area contributed by atoms with Gasteiger partial charge < -0.3 is 10.5 Å². The van der Waals surface area contributed by atoms with E-state index in [-0.39, 0.29) is 0 Å². The van der Waals surface area contributed by atoms with Gasteiger partial charge in [-0.25, -0.2) is 0 Å². The van der Waals surface area contributed by atoms with Crippen molar-refractivity contribution in [2.24, 2.45) is 5.73 Å². The zero-order valence-corrected chi connectivity index (χ0v) is 8.62. The van der Waals surface area contributed by atoms with Crippen molar-refractivity contribution in [3.63, 3.8) is 0 Å². The first-order valence-electron chi connectivity index (χ1n) is 5.21. The van der Waals surface area contributed by atoms with Crippen LogP contribution in [0.3, 0.4) is 0 Å². The van der Waals surface area contributed by atoms with E-state index in [0.717, 1.165) is 25.0 Å². The Hall–Kier alpha value is -1.02. The van der Waals surface area contributed by atoms with Gasteiger partial charge in [0.15, 0.2) is 0 Å². The molecule has 1 aliphatic rings. The van der Waals surface area contributed by atoms with Gasteiger partial charge in [-0.05, 0) is 48.9 Å². The van der Waals surface area contributed by atoms with Crippen molar-refractivity contribution in [1.82, 2.24) is 0 Å². The zero-order valence-electron chi connectivity index (χ0n) is 8.62. The molecule has 2 nitrogen and oxygen atoms in total. The van der Waals surface area contributed by atoms with Crippen LogP contribution in [0.1, 0.15) is 24.0 Å². The Balaban J connectivity index is 2.32. The number of methoxy groups -OCH3 is 1. The molecular weight excluding hydrogens is 174 g/mol. The molecule has 0 spiro atoms. The summed E-state index contributed by atoms with van der Waals surface area (Å²) >= 11 is 0. The minimum Gasteiger partial charge on any atom is -0.497 e. The fraction of sp³-hybridized carbons (Fsp3) is 0.500. The van der Waals surface area contributed by atoms with Crippen LogP contribution in [0.15, 0.2) is 18.2 Å². The third kappa shape index (κ3) is 1.90. The Bertz CT molecular complexity index is 322. The smallest absolute Gasteiger partial charge is 0.119 e. The van der Waals surface area contributed by atoms with Gasteiger partial charge >= 0.3 is 0 Å². The fourth-order valence-electron chi connectivity index (χ4n) is 2.10. The molecule has 0 aliphatic heterocycles. The Labute approximate surface area is 85.1 Å². The number of benzene rings is 1. The van der Waals surface area contributed by atoms with Gasteiger partial charge in [-0.3, -0.25) is 0 Å². The molecular formula is C12H17NO. The molecule has 0 bridgehead atoms. The van der Waals surface area contributed by atoms with Crippen LogP contribution in [-0.4, -0.2) is 13.2 Å². The quantitative estimate of drug-likeness (QED) is 0.688. The first kappa shape index (κ1) is 9.53. The first-order chi connectivity index (χ1) is 6.79. The number of ether oxygens (including phenoxy) is 1. The molecule has 0 amide bonds. The second-order valence-corrected chi connectivity index (χ2v) is 3.99. The number of fused-ring (bicyclic) bond motifs is 1. The molecule has 2 heteroatoms. The summed E-state index contributed by atoms with van der Waals surface area (Å²) < 4.78 is 5.22. The first-order valence-corrected chi connectivity index (χ1v) is 5.21. The van der Waals surface area contributed by atoms with Crippen molar-refractivity contribution in [2.75, 3.05) is 7.11 Å². The van der Waals surface area contributed by atoms with E-state index in [2.05, 4.69) is 12.1 Å². The van der Waals surface area contributed by atoms with Crippen molar-refractivity contribution >= 4 is 0 Å². The van der Waals surface area contributed by atoms with Gasteiger partial charge in [0.2, 0.25) is 0 Å². The molecule has 14 heavy (non-hydrogen) atoms. The summed E-state index contributed by atoms with van der Waals surface area (Å²) in [5.74, 6) is 0.942. The summed E-state index contributed by atoms with van der Waals surface area (Å²) in [4.78, 5) is 0. The average molecular weight is 191 g/mol. The van der Waals surface area contributed by atoms with Gasteiger partial charge in [0.25, 0.3) is 0 Å². The normalized spacial score (nSPS) is 21.1. The van der Waals surface area contributed by atoms with Crippen LogP contribution in [-0.2, 0) is 12.8 Å². The Morgan fingerprint density at radius 2 is 2.21 bits per heavy atom. The van der Waals surface area contributed by atoms with Crippen molar-refractivity contribution in [2.45, 2.75) is 31.7 Å². The van der Waals surface area contributed by atoms with Gasteiger partial charge in [0.1, 0.15) is 5.75 Å². The molecule has 1 aliphatic carbocycles. The van der Waals surface area contributed by atoms with Gasteiger partial charge in [-0.1, -0.05) is 6.07 Å². The Kier molecular flexibility index (Phi) is 2.73.